The summed E-state index contributed by atoms with van der Waals surface area (Å²) in [5.41, 5.74) is 2.98. The van der Waals surface area contributed by atoms with Crippen molar-refractivity contribution in [2.24, 2.45) is 5.92 Å². The number of hydrogen-bond acceptors (Lipinski definition) is 1. The van der Waals surface area contributed by atoms with Crippen LogP contribution in [0.3, 0.4) is 0 Å². The predicted octanol–water partition coefficient (Wildman–Crippen LogP) is 5.55. The van der Waals surface area contributed by atoms with Crippen LogP contribution >= 0.6 is 0 Å². The number of hydrogen-bond donors (Lipinski definition) is 0. The molecule has 1 nitrogen and oxygen atoms in total. The highest BCUT2D eigenvalue weighted by Gasteiger charge is 2.20. The van der Waals surface area contributed by atoms with E-state index in [0.717, 1.165) is 5.92 Å². The summed E-state index contributed by atoms with van der Waals surface area (Å²) in [6.07, 6.45) is 15.1. The van der Waals surface area contributed by atoms with Gasteiger partial charge in [0.15, 0.2) is 0 Å². The lowest BCUT2D eigenvalue weighted by Crippen LogP contribution is -2.11. The summed E-state index contributed by atoms with van der Waals surface area (Å²) < 4.78 is 0. The van der Waals surface area contributed by atoms with Crippen molar-refractivity contribution in [1.29, 1.82) is 5.26 Å². The fourth-order valence-corrected chi connectivity index (χ4v) is 3.21. The topological polar surface area (TPSA) is 23.8 Å². The Morgan fingerprint density at radius 3 is 2.43 bits per heavy atom. The van der Waals surface area contributed by atoms with E-state index in [2.05, 4.69) is 37.3 Å². The maximum Gasteiger partial charge on any atom is 0.0912 e. The van der Waals surface area contributed by atoms with E-state index in [-0.39, 0.29) is 0 Å². The fraction of sp³-hybridized carbons (Fsp3) is 0.450. The minimum absolute atomic E-state index is 0.684. The molecule has 0 aliphatic heterocycles. The summed E-state index contributed by atoms with van der Waals surface area (Å²) in [5.74, 6) is 1.42. The van der Waals surface area contributed by atoms with Gasteiger partial charge in [-0.25, -0.2) is 0 Å². The van der Waals surface area contributed by atoms with Crippen molar-refractivity contribution in [3.8, 4) is 6.07 Å². The number of nitriles is 1. The van der Waals surface area contributed by atoms with Gasteiger partial charge < -0.3 is 0 Å². The Labute approximate surface area is 129 Å². The number of benzene rings is 1. The van der Waals surface area contributed by atoms with Gasteiger partial charge in [-0.05, 0) is 55.1 Å². The number of aryl methyl sites for hydroxylation is 1. The van der Waals surface area contributed by atoms with Gasteiger partial charge in [-0.2, -0.15) is 5.26 Å². The third-order valence-electron chi connectivity index (χ3n) is 4.43. The lowest BCUT2D eigenvalue weighted by atomic mass is 9.78. The Kier molecular flexibility index (Phi) is 6.28. The molecule has 0 atom stereocenters. The minimum Gasteiger partial charge on any atom is -0.193 e. The largest absolute Gasteiger partial charge is 0.193 e. The molecule has 1 heteroatoms. The molecule has 0 heterocycles. The average Bonchev–Trinajstić information content (AvgIpc) is 2.53. The normalized spacial score (nSPS) is 22.7. The first-order valence-electron chi connectivity index (χ1n) is 8.15. The van der Waals surface area contributed by atoms with Crippen LogP contribution in [0.15, 0.2) is 48.6 Å². The van der Waals surface area contributed by atoms with Crippen molar-refractivity contribution in [2.45, 2.75) is 51.4 Å². The quantitative estimate of drug-likeness (QED) is 0.512. The van der Waals surface area contributed by atoms with Crippen LogP contribution in [0.2, 0.25) is 0 Å². The smallest absolute Gasteiger partial charge is 0.0912 e. The first-order chi connectivity index (χ1) is 10.3. The molecule has 110 valence electrons. The highest BCUT2D eigenvalue weighted by atomic mass is 14.3. The van der Waals surface area contributed by atoms with E-state index in [0.29, 0.717) is 5.92 Å². The predicted molar refractivity (Wildman–Crippen MR) is 89.0 cm³/mol. The van der Waals surface area contributed by atoms with Gasteiger partial charge in [0.25, 0.3) is 0 Å². The van der Waals surface area contributed by atoms with Crippen LogP contribution in [0.4, 0.5) is 0 Å². The Morgan fingerprint density at radius 1 is 1.10 bits per heavy atom. The summed E-state index contributed by atoms with van der Waals surface area (Å²) in [4.78, 5) is 0. The highest BCUT2D eigenvalue weighted by Crippen LogP contribution is 2.36. The molecular weight excluding hydrogens is 254 g/mol. The molecule has 1 aliphatic rings. The molecule has 0 amide bonds. The number of rotatable bonds is 5. The Morgan fingerprint density at radius 2 is 1.81 bits per heavy atom. The van der Waals surface area contributed by atoms with Crippen LogP contribution in [0.1, 0.15) is 56.1 Å². The van der Waals surface area contributed by atoms with Crippen LogP contribution in [0.25, 0.3) is 0 Å². The van der Waals surface area contributed by atoms with Gasteiger partial charge in [0.05, 0.1) is 6.07 Å². The number of allylic oxidation sites excluding steroid dienone is 4. The molecule has 0 saturated heterocycles. The third-order valence-corrected chi connectivity index (χ3v) is 4.43. The van der Waals surface area contributed by atoms with Crippen molar-refractivity contribution in [3.63, 3.8) is 0 Å². The van der Waals surface area contributed by atoms with Crippen molar-refractivity contribution >= 4 is 0 Å². The summed E-state index contributed by atoms with van der Waals surface area (Å²) in [5, 5.41) is 8.45. The van der Waals surface area contributed by atoms with Gasteiger partial charge in [-0.1, -0.05) is 55.8 Å². The molecule has 0 unspecified atom stereocenters. The Hall–Kier alpha value is -1.81. The van der Waals surface area contributed by atoms with E-state index < -0.39 is 0 Å². The van der Waals surface area contributed by atoms with Gasteiger partial charge in [-0.3, -0.25) is 0 Å². The van der Waals surface area contributed by atoms with Gasteiger partial charge in [-0.15, -0.1) is 0 Å². The average molecular weight is 279 g/mol. The van der Waals surface area contributed by atoms with Crippen molar-refractivity contribution in [3.05, 3.63) is 59.7 Å². The van der Waals surface area contributed by atoms with Crippen LogP contribution < -0.4 is 0 Å². The zero-order valence-electron chi connectivity index (χ0n) is 13.0. The maximum atomic E-state index is 8.45. The molecule has 1 aromatic rings. The van der Waals surface area contributed by atoms with Crippen molar-refractivity contribution in [2.75, 3.05) is 0 Å². The van der Waals surface area contributed by atoms with E-state index in [1.165, 1.54) is 55.7 Å². The van der Waals surface area contributed by atoms with Crippen LogP contribution in [-0.2, 0) is 6.42 Å². The first-order valence-corrected chi connectivity index (χ1v) is 8.15. The van der Waals surface area contributed by atoms with E-state index in [1.54, 1.807) is 0 Å². The van der Waals surface area contributed by atoms with Gasteiger partial charge in [0.2, 0.25) is 0 Å². The molecular formula is C20H25N. The minimum atomic E-state index is 0.684. The maximum absolute atomic E-state index is 8.45. The van der Waals surface area contributed by atoms with Crippen LogP contribution in [0.5, 0.6) is 0 Å². The first kappa shape index (κ1) is 15.6. The second-order valence-corrected chi connectivity index (χ2v) is 5.98. The van der Waals surface area contributed by atoms with E-state index in [9.17, 15) is 0 Å². The standard InChI is InChI=1S/C20H25N/c1-2-6-17-8-12-19(13-9-17)20-14-10-18(11-15-20)7-4-3-5-16-21/h3-5,7-9,12-13,18,20H,2,6,10-11,14-15H2,1H3/b5-3+,7-4+. The molecule has 0 aromatic heterocycles. The van der Waals surface area contributed by atoms with Crippen molar-refractivity contribution < 1.29 is 0 Å². The number of nitrogens with zero attached hydrogens (tertiary/aromatic N) is 1. The zero-order valence-corrected chi connectivity index (χ0v) is 13.0. The van der Waals surface area contributed by atoms with E-state index >= 15 is 0 Å². The lowest BCUT2D eigenvalue weighted by molar-refractivity contribution is 0.376. The molecule has 1 fully saturated rings. The molecule has 0 N–H and O–H groups in total. The monoisotopic (exact) mass is 279 g/mol. The summed E-state index contributed by atoms with van der Waals surface area (Å²) >= 11 is 0. The second kappa shape index (κ2) is 8.47. The molecule has 0 spiro atoms. The molecule has 1 saturated carbocycles. The highest BCUT2D eigenvalue weighted by molar-refractivity contribution is 5.26. The molecule has 0 radical (unpaired) electrons. The zero-order chi connectivity index (χ0) is 14.9. The van der Waals surface area contributed by atoms with Crippen LogP contribution in [-0.4, -0.2) is 0 Å². The van der Waals surface area contributed by atoms with Crippen molar-refractivity contribution in [1.82, 2.24) is 0 Å². The van der Waals surface area contributed by atoms with E-state index in [1.807, 2.05) is 18.2 Å². The van der Waals surface area contributed by atoms with E-state index in [4.69, 9.17) is 5.26 Å². The Balaban J connectivity index is 1.84. The van der Waals surface area contributed by atoms with Gasteiger partial charge in [0, 0.05) is 6.08 Å². The second-order valence-electron chi connectivity index (χ2n) is 5.98. The summed E-state index contributed by atoms with van der Waals surface area (Å²) in [6.45, 7) is 2.23. The Bertz CT molecular complexity index is 508. The molecule has 2 rings (SSSR count). The summed E-state index contributed by atoms with van der Waals surface area (Å²) in [6, 6.07) is 11.3. The van der Waals surface area contributed by atoms with Crippen LogP contribution in [0, 0.1) is 17.2 Å². The molecule has 21 heavy (non-hydrogen) atoms. The summed E-state index contributed by atoms with van der Waals surface area (Å²) in [7, 11) is 0. The SMILES string of the molecule is CCCc1ccc(C2CCC(/C=C/C=C/C#N)CC2)cc1. The fourth-order valence-electron chi connectivity index (χ4n) is 3.21. The lowest BCUT2D eigenvalue weighted by Gasteiger charge is -2.27. The molecule has 0 bridgehead atoms. The van der Waals surface area contributed by atoms with Gasteiger partial charge in [0.1, 0.15) is 0 Å². The molecule has 1 aliphatic carbocycles. The molecule has 1 aromatic carbocycles. The third kappa shape index (κ3) is 4.90. The van der Waals surface area contributed by atoms with Gasteiger partial charge >= 0.3 is 0 Å².